The molecule has 0 bridgehead atoms. The minimum absolute atomic E-state index is 0.0158. The molecule has 1 aromatic heterocycles. The number of carbonyl (C=O) groups excluding carboxylic acids is 1. The Kier molecular flexibility index (Phi) is 3.58. The second kappa shape index (κ2) is 5.62. The third kappa shape index (κ3) is 2.84. The Morgan fingerprint density at radius 2 is 2.30 bits per heavy atom. The summed E-state index contributed by atoms with van der Waals surface area (Å²) in [5, 5.41) is 3.17. The van der Waals surface area contributed by atoms with Crippen LogP contribution in [0.15, 0.2) is 18.2 Å². The molecule has 0 spiro atoms. The van der Waals surface area contributed by atoms with Crippen molar-refractivity contribution in [2.24, 2.45) is 0 Å². The molecule has 0 radical (unpaired) electrons. The third-order valence-electron chi connectivity index (χ3n) is 4.79. The van der Waals surface area contributed by atoms with Crippen molar-refractivity contribution in [3.05, 3.63) is 29.6 Å². The van der Waals surface area contributed by atoms with Crippen molar-refractivity contribution in [1.29, 1.82) is 0 Å². The summed E-state index contributed by atoms with van der Waals surface area (Å²) >= 11 is 0. The molecule has 3 heterocycles. The van der Waals surface area contributed by atoms with Crippen LogP contribution in [-0.2, 0) is 4.74 Å². The molecule has 0 unspecified atom stereocenters. The molecule has 0 aliphatic carbocycles. The van der Waals surface area contributed by atoms with Crippen molar-refractivity contribution >= 4 is 16.9 Å². The molecule has 1 amide bonds. The summed E-state index contributed by atoms with van der Waals surface area (Å²) in [6.07, 6.45) is 1.25. The van der Waals surface area contributed by atoms with Crippen molar-refractivity contribution in [2.45, 2.75) is 38.5 Å². The number of nitrogens with one attached hydrogen (secondary N) is 2. The number of aromatic nitrogens is 2. The molecule has 6 heteroatoms. The average Bonchev–Trinajstić information content (AvgIpc) is 3.07. The predicted octanol–water partition coefficient (Wildman–Crippen LogP) is 1.46. The Balaban J connectivity index is 1.45. The quantitative estimate of drug-likeness (QED) is 0.880. The standard InChI is InChI=1S/C17H22N4O2/c1-10-7-21-8-13(6-14(21)9-23-10)20-17(22)12-3-4-15-16(5-12)19-11(2)18-15/h3-5,10,13-14H,6-9H2,1-2H3,(H,18,19)(H,20,22)/t10-,13+,14+/m1/s1. The minimum Gasteiger partial charge on any atom is -0.376 e. The van der Waals surface area contributed by atoms with E-state index in [4.69, 9.17) is 4.74 Å². The van der Waals surface area contributed by atoms with Gasteiger partial charge in [-0.1, -0.05) is 0 Å². The van der Waals surface area contributed by atoms with Crippen LogP contribution in [0.4, 0.5) is 0 Å². The highest BCUT2D eigenvalue weighted by Gasteiger charge is 2.36. The van der Waals surface area contributed by atoms with E-state index >= 15 is 0 Å². The second-order valence-corrected chi connectivity index (χ2v) is 6.71. The van der Waals surface area contributed by atoms with Gasteiger partial charge in [0, 0.05) is 30.7 Å². The smallest absolute Gasteiger partial charge is 0.251 e. The zero-order chi connectivity index (χ0) is 16.0. The van der Waals surface area contributed by atoms with Crippen LogP contribution in [0, 0.1) is 6.92 Å². The van der Waals surface area contributed by atoms with Crippen LogP contribution in [0.5, 0.6) is 0 Å². The average molecular weight is 314 g/mol. The maximum Gasteiger partial charge on any atom is 0.251 e. The van der Waals surface area contributed by atoms with Crippen LogP contribution >= 0.6 is 0 Å². The highest BCUT2D eigenvalue weighted by molar-refractivity contribution is 5.97. The summed E-state index contributed by atoms with van der Waals surface area (Å²) in [5.41, 5.74) is 2.47. The van der Waals surface area contributed by atoms with E-state index in [9.17, 15) is 4.79 Å². The lowest BCUT2D eigenvalue weighted by atomic mass is 10.1. The van der Waals surface area contributed by atoms with Crippen molar-refractivity contribution in [1.82, 2.24) is 20.2 Å². The fourth-order valence-electron chi connectivity index (χ4n) is 3.69. The number of imidazole rings is 1. The van der Waals surface area contributed by atoms with Gasteiger partial charge in [0.25, 0.3) is 5.91 Å². The molecule has 23 heavy (non-hydrogen) atoms. The van der Waals surface area contributed by atoms with Gasteiger partial charge in [-0.15, -0.1) is 0 Å². The zero-order valence-corrected chi connectivity index (χ0v) is 13.5. The van der Waals surface area contributed by atoms with E-state index in [0.29, 0.717) is 11.6 Å². The minimum atomic E-state index is -0.0158. The first-order valence-electron chi connectivity index (χ1n) is 8.21. The number of amides is 1. The maximum absolute atomic E-state index is 12.5. The summed E-state index contributed by atoms with van der Waals surface area (Å²) < 4.78 is 5.71. The van der Waals surface area contributed by atoms with Crippen LogP contribution < -0.4 is 5.32 Å². The van der Waals surface area contributed by atoms with E-state index in [1.807, 2.05) is 25.1 Å². The van der Waals surface area contributed by atoms with E-state index < -0.39 is 0 Å². The number of H-pyrrole nitrogens is 1. The van der Waals surface area contributed by atoms with Gasteiger partial charge >= 0.3 is 0 Å². The molecule has 2 saturated heterocycles. The first-order chi connectivity index (χ1) is 11.1. The fraction of sp³-hybridized carbons (Fsp3) is 0.529. The van der Waals surface area contributed by atoms with Crippen molar-refractivity contribution in [3.63, 3.8) is 0 Å². The Bertz CT molecular complexity index is 741. The number of morpholine rings is 1. The van der Waals surface area contributed by atoms with E-state index in [1.165, 1.54) is 0 Å². The molecule has 1 aromatic carbocycles. The van der Waals surface area contributed by atoms with Crippen LogP contribution in [0.25, 0.3) is 11.0 Å². The maximum atomic E-state index is 12.5. The third-order valence-corrected chi connectivity index (χ3v) is 4.79. The summed E-state index contributed by atoms with van der Waals surface area (Å²) in [5.74, 6) is 0.845. The molecule has 2 aliphatic heterocycles. The molecular formula is C17H22N4O2. The molecule has 3 atom stereocenters. The van der Waals surface area contributed by atoms with Gasteiger partial charge in [-0.3, -0.25) is 9.69 Å². The van der Waals surface area contributed by atoms with E-state index in [0.717, 1.165) is 43.0 Å². The fourth-order valence-corrected chi connectivity index (χ4v) is 3.69. The summed E-state index contributed by atoms with van der Waals surface area (Å²) in [7, 11) is 0. The molecule has 0 saturated carbocycles. The first kappa shape index (κ1) is 14.7. The monoisotopic (exact) mass is 314 g/mol. The molecule has 2 fully saturated rings. The zero-order valence-electron chi connectivity index (χ0n) is 13.5. The van der Waals surface area contributed by atoms with E-state index in [-0.39, 0.29) is 18.1 Å². The van der Waals surface area contributed by atoms with Crippen molar-refractivity contribution in [2.75, 3.05) is 19.7 Å². The topological polar surface area (TPSA) is 70.2 Å². The van der Waals surface area contributed by atoms with Gasteiger partial charge in [0.15, 0.2) is 0 Å². The van der Waals surface area contributed by atoms with E-state index in [2.05, 4.69) is 27.1 Å². The number of aromatic amines is 1. The lowest BCUT2D eigenvalue weighted by Gasteiger charge is -2.33. The van der Waals surface area contributed by atoms with Gasteiger partial charge < -0.3 is 15.0 Å². The van der Waals surface area contributed by atoms with Crippen molar-refractivity contribution < 1.29 is 9.53 Å². The Morgan fingerprint density at radius 1 is 1.43 bits per heavy atom. The van der Waals surface area contributed by atoms with Crippen LogP contribution in [0.2, 0.25) is 0 Å². The van der Waals surface area contributed by atoms with Crippen LogP contribution in [-0.4, -0.2) is 58.7 Å². The molecular weight excluding hydrogens is 292 g/mol. The predicted molar refractivity (Wildman–Crippen MR) is 87.5 cm³/mol. The number of hydrogen-bond donors (Lipinski definition) is 2. The highest BCUT2D eigenvalue weighted by Crippen LogP contribution is 2.23. The summed E-state index contributed by atoms with van der Waals surface area (Å²) in [6, 6.07) is 6.24. The summed E-state index contributed by atoms with van der Waals surface area (Å²) in [6.45, 7) is 6.65. The number of hydrogen-bond acceptors (Lipinski definition) is 4. The summed E-state index contributed by atoms with van der Waals surface area (Å²) in [4.78, 5) is 22.5. The largest absolute Gasteiger partial charge is 0.376 e. The van der Waals surface area contributed by atoms with Crippen LogP contribution in [0.3, 0.4) is 0 Å². The molecule has 2 aromatic rings. The molecule has 2 N–H and O–H groups in total. The molecule has 2 aliphatic rings. The lowest BCUT2D eigenvalue weighted by Crippen LogP contribution is -2.45. The number of ether oxygens (including phenoxy) is 1. The first-order valence-corrected chi connectivity index (χ1v) is 8.21. The second-order valence-electron chi connectivity index (χ2n) is 6.71. The number of nitrogens with zero attached hydrogens (tertiary/aromatic N) is 2. The number of benzene rings is 1. The number of aryl methyl sites for hydroxylation is 1. The lowest BCUT2D eigenvalue weighted by molar-refractivity contribution is -0.0390. The highest BCUT2D eigenvalue weighted by atomic mass is 16.5. The number of rotatable bonds is 2. The Hall–Kier alpha value is -1.92. The number of fused-ring (bicyclic) bond motifs is 2. The molecule has 4 rings (SSSR count). The Labute approximate surface area is 135 Å². The van der Waals surface area contributed by atoms with Gasteiger partial charge in [0.05, 0.1) is 23.7 Å². The number of carbonyl (C=O) groups is 1. The van der Waals surface area contributed by atoms with E-state index in [1.54, 1.807) is 0 Å². The normalized spacial score (nSPS) is 28.0. The van der Waals surface area contributed by atoms with Gasteiger partial charge in [-0.25, -0.2) is 4.98 Å². The van der Waals surface area contributed by atoms with Gasteiger partial charge in [-0.2, -0.15) is 0 Å². The SMILES string of the molecule is Cc1nc2ccc(C(=O)N[C@H]3C[C@H]4CO[C@H](C)CN4C3)cc2[nH]1. The van der Waals surface area contributed by atoms with Gasteiger partial charge in [0.2, 0.25) is 0 Å². The molecule has 122 valence electrons. The van der Waals surface area contributed by atoms with Crippen LogP contribution in [0.1, 0.15) is 29.5 Å². The molecule has 6 nitrogen and oxygen atoms in total. The van der Waals surface area contributed by atoms with Gasteiger partial charge in [-0.05, 0) is 38.5 Å². The van der Waals surface area contributed by atoms with Crippen molar-refractivity contribution in [3.8, 4) is 0 Å². The Morgan fingerprint density at radius 3 is 3.17 bits per heavy atom. The van der Waals surface area contributed by atoms with Gasteiger partial charge in [0.1, 0.15) is 5.82 Å².